The summed E-state index contributed by atoms with van der Waals surface area (Å²) in [6.07, 6.45) is 1.91. The minimum atomic E-state index is -3.40. The molecule has 0 saturated carbocycles. The zero-order valence-corrected chi connectivity index (χ0v) is 11.7. The van der Waals surface area contributed by atoms with E-state index in [0.717, 1.165) is 30.5 Å². The van der Waals surface area contributed by atoms with E-state index in [2.05, 4.69) is 10.0 Å². The van der Waals surface area contributed by atoms with Gasteiger partial charge >= 0.3 is 0 Å². The van der Waals surface area contributed by atoms with Crippen LogP contribution >= 0.6 is 0 Å². The Bertz CT molecular complexity index is 520. The summed E-state index contributed by atoms with van der Waals surface area (Å²) in [5.74, 6) is 0. The molecule has 100 valence electrons. The number of hydrogen-bond acceptors (Lipinski definition) is 3. The van der Waals surface area contributed by atoms with Gasteiger partial charge in [-0.05, 0) is 50.4 Å². The predicted octanol–water partition coefficient (Wildman–Crippen LogP) is 1.33. The molecule has 2 rings (SSSR count). The third-order valence-electron chi connectivity index (χ3n) is 3.25. The molecule has 4 nitrogen and oxygen atoms in total. The Morgan fingerprint density at radius 2 is 2.11 bits per heavy atom. The summed E-state index contributed by atoms with van der Waals surface area (Å²) in [6, 6.07) is 5.51. The highest BCUT2D eigenvalue weighted by Crippen LogP contribution is 2.17. The average molecular weight is 268 g/mol. The molecule has 1 saturated heterocycles. The van der Waals surface area contributed by atoms with E-state index in [1.54, 1.807) is 6.07 Å². The first-order valence-electron chi connectivity index (χ1n) is 6.29. The maximum absolute atomic E-state index is 12.3. The Hall–Kier alpha value is -0.910. The minimum Gasteiger partial charge on any atom is -0.315 e. The average Bonchev–Trinajstić information content (AvgIpc) is 2.33. The Kier molecular flexibility index (Phi) is 4.04. The first-order valence-corrected chi connectivity index (χ1v) is 7.78. The van der Waals surface area contributed by atoms with E-state index in [1.165, 1.54) is 0 Å². The standard InChI is InChI=1S/C13H20N2O2S/c1-10-5-6-11(2)13(8-10)18(16,17)15-12-4-3-7-14-9-12/h5-6,8,12,14-15H,3-4,7,9H2,1-2H3/t12-/m1/s1. The van der Waals surface area contributed by atoms with Crippen molar-refractivity contribution in [3.05, 3.63) is 29.3 Å². The predicted molar refractivity (Wildman–Crippen MR) is 72.1 cm³/mol. The molecule has 2 N–H and O–H groups in total. The van der Waals surface area contributed by atoms with Crippen LogP contribution in [0.15, 0.2) is 23.1 Å². The molecule has 0 spiro atoms. The monoisotopic (exact) mass is 268 g/mol. The van der Waals surface area contributed by atoms with Gasteiger partial charge in [-0.1, -0.05) is 12.1 Å². The summed E-state index contributed by atoms with van der Waals surface area (Å²) in [7, 11) is -3.40. The zero-order chi connectivity index (χ0) is 13.2. The SMILES string of the molecule is Cc1ccc(C)c(S(=O)(=O)N[C@@H]2CCCNC2)c1. The summed E-state index contributed by atoms with van der Waals surface area (Å²) < 4.78 is 27.5. The Morgan fingerprint density at radius 3 is 2.78 bits per heavy atom. The van der Waals surface area contributed by atoms with Crippen molar-refractivity contribution in [2.75, 3.05) is 13.1 Å². The highest BCUT2D eigenvalue weighted by Gasteiger charge is 2.22. The number of aryl methyl sites for hydroxylation is 2. The molecule has 1 aromatic carbocycles. The van der Waals surface area contributed by atoms with Crippen LogP contribution in [0.4, 0.5) is 0 Å². The van der Waals surface area contributed by atoms with E-state index in [1.807, 2.05) is 26.0 Å². The number of benzene rings is 1. The number of sulfonamides is 1. The van der Waals surface area contributed by atoms with Crippen LogP contribution in [-0.2, 0) is 10.0 Å². The third-order valence-corrected chi connectivity index (χ3v) is 4.91. The van der Waals surface area contributed by atoms with Gasteiger partial charge < -0.3 is 5.32 Å². The third kappa shape index (κ3) is 3.10. The molecule has 1 fully saturated rings. The Morgan fingerprint density at radius 1 is 1.33 bits per heavy atom. The lowest BCUT2D eigenvalue weighted by Crippen LogP contribution is -2.45. The highest BCUT2D eigenvalue weighted by molar-refractivity contribution is 7.89. The van der Waals surface area contributed by atoms with Crippen LogP contribution in [0.2, 0.25) is 0 Å². The number of hydrogen-bond donors (Lipinski definition) is 2. The van der Waals surface area contributed by atoms with Gasteiger partial charge in [-0.15, -0.1) is 0 Å². The molecular formula is C13H20N2O2S. The van der Waals surface area contributed by atoms with Crippen molar-refractivity contribution >= 4 is 10.0 Å². The lowest BCUT2D eigenvalue weighted by atomic mass is 10.1. The lowest BCUT2D eigenvalue weighted by Gasteiger charge is -2.24. The van der Waals surface area contributed by atoms with Gasteiger partial charge in [0.1, 0.15) is 0 Å². The van der Waals surface area contributed by atoms with Crippen molar-refractivity contribution in [2.45, 2.75) is 37.6 Å². The fourth-order valence-corrected chi connectivity index (χ4v) is 3.83. The van der Waals surface area contributed by atoms with E-state index < -0.39 is 10.0 Å². The quantitative estimate of drug-likeness (QED) is 0.869. The van der Waals surface area contributed by atoms with Gasteiger partial charge in [0, 0.05) is 12.6 Å². The minimum absolute atomic E-state index is 0.00339. The zero-order valence-electron chi connectivity index (χ0n) is 10.9. The van der Waals surface area contributed by atoms with Gasteiger partial charge in [-0.25, -0.2) is 13.1 Å². The largest absolute Gasteiger partial charge is 0.315 e. The van der Waals surface area contributed by atoms with Crippen LogP contribution in [0.3, 0.4) is 0 Å². The van der Waals surface area contributed by atoms with Crippen molar-refractivity contribution in [2.24, 2.45) is 0 Å². The molecule has 18 heavy (non-hydrogen) atoms. The van der Waals surface area contributed by atoms with Crippen LogP contribution in [0.25, 0.3) is 0 Å². The number of piperidine rings is 1. The molecule has 1 aliphatic rings. The fraction of sp³-hybridized carbons (Fsp3) is 0.538. The van der Waals surface area contributed by atoms with Gasteiger partial charge in [0.25, 0.3) is 0 Å². The van der Waals surface area contributed by atoms with E-state index in [4.69, 9.17) is 0 Å². The summed E-state index contributed by atoms with van der Waals surface area (Å²) in [4.78, 5) is 0.396. The van der Waals surface area contributed by atoms with E-state index >= 15 is 0 Å². The molecule has 1 heterocycles. The van der Waals surface area contributed by atoms with Gasteiger partial charge in [0.2, 0.25) is 10.0 Å². The number of rotatable bonds is 3. The summed E-state index contributed by atoms with van der Waals surface area (Å²) in [5.41, 5.74) is 1.75. The second-order valence-electron chi connectivity index (χ2n) is 4.93. The van der Waals surface area contributed by atoms with Crippen LogP contribution in [0, 0.1) is 13.8 Å². The molecule has 0 aromatic heterocycles. The molecule has 0 amide bonds. The Labute approximate surface area is 109 Å². The van der Waals surface area contributed by atoms with Crippen LogP contribution in [0.5, 0.6) is 0 Å². The van der Waals surface area contributed by atoms with E-state index in [9.17, 15) is 8.42 Å². The molecule has 0 radical (unpaired) electrons. The highest BCUT2D eigenvalue weighted by atomic mass is 32.2. The normalized spacial score (nSPS) is 20.9. The Balaban J connectivity index is 2.21. The van der Waals surface area contributed by atoms with Crippen LogP contribution in [-0.4, -0.2) is 27.5 Å². The molecule has 0 unspecified atom stereocenters. The molecule has 1 aliphatic heterocycles. The van der Waals surface area contributed by atoms with E-state index in [0.29, 0.717) is 11.4 Å². The maximum atomic E-state index is 12.3. The summed E-state index contributed by atoms with van der Waals surface area (Å²) >= 11 is 0. The van der Waals surface area contributed by atoms with Crippen LogP contribution in [0.1, 0.15) is 24.0 Å². The number of nitrogens with one attached hydrogen (secondary N) is 2. The van der Waals surface area contributed by atoms with Gasteiger partial charge in [0.05, 0.1) is 4.90 Å². The van der Waals surface area contributed by atoms with Crippen molar-refractivity contribution in [1.82, 2.24) is 10.0 Å². The van der Waals surface area contributed by atoms with Gasteiger partial charge in [0.15, 0.2) is 0 Å². The fourth-order valence-electron chi connectivity index (χ4n) is 2.23. The first kappa shape index (κ1) is 13.5. The molecule has 1 aromatic rings. The van der Waals surface area contributed by atoms with Gasteiger partial charge in [-0.2, -0.15) is 0 Å². The van der Waals surface area contributed by atoms with Crippen molar-refractivity contribution in [3.8, 4) is 0 Å². The first-order chi connectivity index (χ1) is 8.49. The van der Waals surface area contributed by atoms with E-state index in [-0.39, 0.29) is 6.04 Å². The molecule has 0 bridgehead atoms. The summed E-state index contributed by atoms with van der Waals surface area (Å²) in [6.45, 7) is 5.42. The lowest BCUT2D eigenvalue weighted by molar-refractivity contribution is 0.428. The van der Waals surface area contributed by atoms with Crippen molar-refractivity contribution < 1.29 is 8.42 Å². The van der Waals surface area contributed by atoms with Crippen LogP contribution < -0.4 is 10.0 Å². The van der Waals surface area contributed by atoms with Crippen molar-refractivity contribution in [3.63, 3.8) is 0 Å². The molecule has 0 aliphatic carbocycles. The molecule has 5 heteroatoms. The summed E-state index contributed by atoms with van der Waals surface area (Å²) in [5, 5.41) is 3.21. The molecular weight excluding hydrogens is 248 g/mol. The molecule has 1 atom stereocenters. The smallest absolute Gasteiger partial charge is 0.241 e. The maximum Gasteiger partial charge on any atom is 0.241 e. The second kappa shape index (κ2) is 5.38. The van der Waals surface area contributed by atoms with Crippen molar-refractivity contribution in [1.29, 1.82) is 0 Å². The van der Waals surface area contributed by atoms with Gasteiger partial charge in [-0.3, -0.25) is 0 Å². The topological polar surface area (TPSA) is 58.2 Å². The second-order valence-corrected chi connectivity index (χ2v) is 6.62.